The molecule has 0 aliphatic rings. The maximum Gasteiger partial charge on any atom is -0.0272 e. The first-order chi connectivity index (χ1) is 7.14. The van der Waals surface area contributed by atoms with E-state index in [0.29, 0.717) is 10.8 Å². The second kappa shape index (κ2) is 6.07. The third kappa shape index (κ3) is 4.47. The lowest BCUT2D eigenvalue weighted by atomic mass is 9.59. The lowest BCUT2D eigenvalue weighted by molar-refractivity contribution is 0.0431. The average molecular weight is 226 g/mol. The largest absolute Gasteiger partial charge is 0.0649 e. The van der Waals surface area contributed by atoms with E-state index in [1.807, 2.05) is 0 Å². The second-order valence-corrected chi connectivity index (χ2v) is 7.33. The molecule has 0 N–H and O–H groups in total. The maximum absolute atomic E-state index is 2.51. The quantitative estimate of drug-likeness (QED) is 0.506. The average Bonchev–Trinajstić information content (AvgIpc) is 2.13. The Morgan fingerprint density at radius 1 is 0.875 bits per heavy atom. The van der Waals surface area contributed by atoms with E-state index >= 15 is 0 Å². The summed E-state index contributed by atoms with van der Waals surface area (Å²) >= 11 is 0. The molecule has 1 unspecified atom stereocenters. The predicted octanol–water partition coefficient (Wildman–Crippen LogP) is 5.91. The molecule has 0 aromatic heterocycles. The summed E-state index contributed by atoms with van der Waals surface area (Å²) in [6.45, 7) is 19.2. The molecule has 0 heterocycles. The molecule has 0 aromatic rings. The van der Waals surface area contributed by atoms with Crippen LogP contribution in [0.4, 0.5) is 0 Å². The Labute approximate surface area is 104 Å². The van der Waals surface area contributed by atoms with Gasteiger partial charge in [-0.05, 0) is 35.5 Å². The molecule has 98 valence electrons. The van der Waals surface area contributed by atoms with Crippen LogP contribution in [0.5, 0.6) is 0 Å². The van der Waals surface area contributed by atoms with E-state index in [4.69, 9.17) is 0 Å². The molecule has 0 fully saturated rings. The molecular formula is C16H34. The Kier molecular flexibility index (Phi) is 6.07. The highest BCUT2D eigenvalue weighted by Gasteiger charge is 2.39. The first-order valence-electron chi connectivity index (χ1n) is 7.14. The van der Waals surface area contributed by atoms with E-state index in [2.05, 4.69) is 55.4 Å². The highest BCUT2D eigenvalue weighted by Crippen LogP contribution is 2.49. The Morgan fingerprint density at radius 2 is 1.38 bits per heavy atom. The number of hydrogen-bond acceptors (Lipinski definition) is 0. The van der Waals surface area contributed by atoms with Crippen LogP contribution in [0.2, 0.25) is 0 Å². The highest BCUT2D eigenvalue weighted by atomic mass is 14.4. The molecule has 0 radical (unpaired) electrons. The Bertz CT molecular complexity index is 188. The van der Waals surface area contributed by atoms with Crippen molar-refractivity contribution >= 4 is 0 Å². The van der Waals surface area contributed by atoms with Gasteiger partial charge in [-0.25, -0.2) is 0 Å². The SMILES string of the molecule is CCC(C)(C)C(C)(CCC(C)C)CC(C)C. The van der Waals surface area contributed by atoms with Crippen molar-refractivity contribution in [3.8, 4) is 0 Å². The zero-order valence-electron chi connectivity index (χ0n) is 13.0. The van der Waals surface area contributed by atoms with E-state index in [0.717, 1.165) is 11.8 Å². The van der Waals surface area contributed by atoms with E-state index < -0.39 is 0 Å². The third-order valence-corrected chi connectivity index (χ3v) is 4.65. The normalized spacial score (nSPS) is 16.9. The molecule has 0 saturated heterocycles. The van der Waals surface area contributed by atoms with Crippen molar-refractivity contribution in [1.82, 2.24) is 0 Å². The summed E-state index contributed by atoms with van der Waals surface area (Å²) in [4.78, 5) is 0. The molecule has 0 bridgehead atoms. The van der Waals surface area contributed by atoms with Gasteiger partial charge < -0.3 is 0 Å². The first-order valence-corrected chi connectivity index (χ1v) is 7.14. The standard InChI is InChI=1S/C16H34/c1-9-15(6,7)16(8,12-14(4)5)11-10-13(2)3/h13-14H,9-12H2,1-8H3. The van der Waals surface area contributed by atoms with Crippen molar-refractivity contribution in [2.45, 2.75) is 81.1 Å². The van der Waals surface area contributed by atoms with Gasteiger partial charge in [-0.1, -0.05) is 68.2 Å². The summed E-state index contributed by atoms with van der Waals surface area (Å²) in [5, 5.41) is 0. The van der Waals surface area contributed by atoms with E-state index in [1.54, 1.807) is 0 Å². The van der Waals surface area contributed by atoms with Gasteiger partial charge in [0.15, 0.2) is 0 Å². The van der Waals surface area contributed by atoms with Crippen molar-refractivity contribution in [1.29, 1.82) is 0 Å². The van der Waals surface area contributed by atoms with Crippen LogP contribution in [0.15, 0.2) is 0 Å². The Hall–Kier alpha value is 0. The van der Waals surface area contributed by atoms with Crippen molar-refractivity contribution < 1.29 is 0 Å². The molecule has 0 saturated carbocycles. The lowest BCUT2D eigenvalue weighted by Crippen LogP contribution is -2.36. The van der Waals surface area contributed by atoms with Crippen molar-refractivity contribution in [3.63, 3.8) is 0 Å². The minimum atomic E-state index is 0.464. The minimum absolute atomic E-state index is 0.464. The van der Waals surface area contributed by atoms with E-state index in [1.165, 1.54) is 25.7 Å². The molecule has 0 rings (SSSR count). The summed E-state index contributed by atoms with van der Waals surface area (Å²) in [7, 11) is 0. The molecule has 0 nitrogen and oxygen atoms in total. The van der Waals surface area contributed by atoms with Crippen molar-refractivity contribution in [2.24, 2.45) is 22.7 Å². The topological polar surface area (TPSA) is 0 Å². The fraction of sp³-hybridized carbons (Fsp3) is 1.00. The predicted molar refractivity (Wildman–Crippen MR) is 75.7 cm³/mol. The van der Waals surface area contributed by atoms with Gasteiger partial charge in [0, 0.05) is 0 Å². The third-order valence-electron chi connectivity index (χ3n) is 4.65. The summed E-state index contributed by atoms with van der Waals surface area (Å²) < 4.78 is 0. The molecule has 0 amide bonds. The first kappa shape index (κ1) is 16.0. The minimum Gasteiger partial charge on any atom is -0.0649 e. The van der Waals surface area contributed by atoms with Gasteiger partial charge in [-0.3, -0.25) is 0 Å². The molecule has 0 aliphatic carbocycles. The Morgan fingerprint density at radius 3 is 1.69 bits per heavy atom. The van der Waals surface area contributed by atoms with Crippen LogP contribution in [0, 0.1) is 22.7 Å². The molecule has 0 aliphatic heterocycles. The molecule has 1 atom stereocenters. The molecule has 0 spiro atoms. The zero-order valence-corrected chi connectivity index (χ0v) is 13.0. The van der Waals surface area contributed by atoms with Crippen molar-refractivity contribution in [2.75, 3.05) is 0 Å². The van der Waals surface area contributed by atoms with Gasteiger partial charge in [0.2, 0.25) is 0 Å². The lowest BCUT2D eigenvalue weighted by Gasteiger charge is -2.46. The van der Waals surface area contributed by atoms with Crippen LogP contribution < -0.4 is 0 Å². The van der Waals surface area contributed by atoms with Gasteiger partial charge in [0.1, 0.15) is 0 Å². The number of rotatable bonds is 7. The van der Waals surface area contributed by atoms with E-state index in [-0.39, 0.29) is 0 Å². The number of hydrogen-bond donors (Lipinski definition) is 0. The summed E-state index contributed by atoms with van der Waals surface area (Å²) in [6.07, 6.45) is 5.39. The van der Waals surface area contributed by atoms with Crippen LogP contribution in [-0.2, 0) is 0 Å². The van der Waals surface area contributed by atoms with Gasteiger partial charge in [-0.15, -0.1) is 0 Å². The molecule has 0 heteroatoms. The van der Waals surface area contributed by atoms with Gasteiger partial charge in [-0.2, -0.15) is 0 Å². The van der Waals surface area contributed by atoms with Crippen LogP contribution >= 0.6 is 0 Å². The summed E-state index contributed by atoms with van der Waals surface area (Å²) in [5.41, 5.74) is 0.965. The van der Waals surface area contributed by atoms with Crippen LogP contribution in [0.25, 0.3) is 0 Å². The smallest absolute Gasteiger partial charge is 0.0272 e. The Balaban J connectivity index is 4.74. The summed E-state index contributed by atoms with van der Waals surface area (Å²) in [6, 6.07) is 0. The highest BCUT2D eigenvalue weighted by molar-refractivity contribution is 4.89. The molecule has 16 heavy (non-hydrogen) atoms. The van der Waals surface area contributed by atoms with Crippen molar-refractivity contribution in [3.05, 3.63) is 0 Å². The monoisotopic (exact) mass is 226 g/mol. The second-order valence-electron chi connectivity index (χ2n) is 7.33. The van der Waals surface area contributed by atoms with Gasteiger partial charge in [0.25, 0.3) is 0 Å². The fourth-order valence-electron chi connectivity index (χ4n) is 2.65. The van der Waals surface area contributed by atoms with E-state index in [9.17, 15) is 0 Å². The van der Waals surface area contributed by atoms with Crippen LogP contribution in [0.1, 0.15) is 81.1 Å². The molecule has 0 aromatic carbocycles. The van der Waals surface area contributed by atoms with Crippen LogP contribution in [-0.4, -0.2) is 0 Å². The zero-order chi connectivity index (χ0) is 13.0. The summed E-state index contributed by atoms with van der Waals surface area (Å²) in [5.74, 6) is 1.64. The van der Waals surface area contributed by atoms with Gasteiger partial charge >= 0.3 is 0 Å². The van der Waals surface area contributed by atoms with Crippen LogP contribution in [0.3, 0.4) is 0 Å². The maximum atomic E-state index is 2.51. The fourth-order valence-corrected chi connectivity index (χ4v) is 2.65. The van der Waals surface area contributed by atoms with Gasteiger partial charge in [0.05, 0.1) is 0 Å². The molecular weight excluding hydrogens is 192 g/mol.